The van der Waals surface area contributed by atoms with Crippen molar-refractivity contribution in [3.8, 4) is 0 Å². The molecule has 1 heterocycles. The first-order valence-corrected chi connectivity index (χ1v) is 3.39. The maximum Gasteiger partial charge on any atom is -0.0107 e. The predicted octanol–water partition coefficient (Wildman–Crippen LogP) is 1.53. The summed E-state index contributed by atoms with van der Waals surface area (Å²) in [6.45, 7) is 3.43. The average molecular weight is 126 g/mol. The minimum atomic E-state index is 0.694. The quantitative estimate of drug-likeness (QED) is 0.460. The molecule has 0 aromatic rings. The van der Waals surface area contributed by atoms with Crippen LogP contribution in [0.25, 0.3) is 0 Å². The molecule has 0 spiro atoms. The van der Waals surface area contributed by atoms with Crippen molar-refractivity contribution in [1.82, 2.24) is 5.06 Å². The van der Waals surface area contributed by atoms with Crippen molar-refractivity contribution in [2.24, 2.45) is 0 Å². The molecule has 0 N–H and O–H groups in total. The molecule has 1 fully saturated rings. The van der Waals surface area contributed by atoms with Gasteiger partial charge in [0.25, 0.3) is 0 Å². The van der Waals surface area contributed by atoms with Crippen LogP contribution in [0.3, 0.4) is 0 Å². The van der Waals surface area contributed by atoms with E-state index in [1.54, 1.807) is 0 Å². The Morgan fingerprint density at radius 2 is 2.00 bits per heavy atom. The van der Waals surface area contributed by atoms with E-state index in [1.807, 2.05) is 6.92 Å². The third kappa shape index (κ3) is 1.80. The molecule has 2 nitrogen and oxygen atoms in total. The number of hydrogen-bond acceptors (Lipinski definition) is 2. The Hall–Kier alpha value is -0.340. The molecule has 0 aromatic carbocycles. The maximum atomic E-state index is 10.6. The minimum Gasteiger partial charge on any atom is -0.785 e. The monoisotopic (exact) mass is 126 g/mol. The number of piperidine rings is 1. The maximum absolute atomic E-state index is 10.6. The van der Waals surface area contributed by atoms with Crippen LogP contribution in [0, 0.1) is 5.21 Å². The van der Waals surface area contributed by atoms with Gasteiger partial charge in [-0.15, -0.1) is 0 Å². The second-order valence-corrected chi connectivity index (χ2v) is 2.38. The summed E-state index contributed by atoms with van der Waals surface area (Å²) < 4.78 is 0. The van der Waals surface area contributed by atoms with E-state index in [1.165, 1.54) is 5.57 Å². The third-order valence-corrected chi connectivity index (χ3v) is 1.77. The average Bonchev–Trinajstić information content (AvgIpc) is 1.90. The number of rotatable bonds is 0. The summed E-state index contributed by atoms with van der Waals surface area (Å²) in [5.41, 5.74) is 1.43. The normalized spacial score (nSPS) is 22.2. The van der Waals surface area contributed by atoms with Crippen LogP contribution in [-0.4, -0.2) is 18.2 Å². The summed E-state index contributed by atoms with van der Waals surface area (Å²) in [4.78, 5) is 0. The molecule has 2 heteroatoms. The van der Waals surface area contributed by atoms with Crippen molar-refractivity contribution in [2.75, 3.05) is 13.1 Å². The lowest BCUT2D eigenvalue weighted by Crippen LogP contribution is -2.24. The van der Waals surface area contributed by atoms with Crippen LogP contribution >= 0.6 is 0 Å². The summed E-state index contributed by atoms with van der Waals surface area (Å²) in [5, 5.41) is 11.7. The van der Waals surface area contributed by atoms with E-state index < -0.39 is 0 Å². The second-order valence-electron chi connectivity index (χ2n) is 2.38. The molecule has 1 aliphatic heterocycles. The van der Waals surface area contributed by atoms with Gasteiger partial charge in [0, 0.05) is 0 Å². The van der Waals surface area contributed by atoms with Crippen LogP contribution in [0.15, 0.2) is 11.6 Å². The Kier molecular flexibility index (Phi) is 2.25. The fraction of sp³-hybridized carbons (Fsp3) is 0.714. The molecule has 1 aliphatic rings. The van der Waals surface area contributed by atoms with Gasteiger partial charge in [-0.2, -0.15) is 0 Å². The number of hydroxylamine groups is 2. The van der Waals surface area contributed by atoms with Gasteiger partial charge in [-0.05, 0) is 32.9 Å². The topological polar surface area (TPSA) is 26.3 Å². The highest BCUT2D eigenvalue weighted by atomic mass is 16.5. The van der Waals surface area contributed by atoms with Gasteiger partial charge in [0.15, 0.2) is 0 Å². The first kappa shape index (κ1) is 6.78. The van der Waals surface area contributed by atoms with Crippen molar-refractivity contribution in [3.63, 3.8) is 0 Å². The highest BCUT2D eigenvalue weighted by molar-refractivity contribution is 5.04. The molecule has 1 rings (SSSR count). The van der Waals surface area contributed by atoms with Crippen LogP contribution in [0.4, 0.5) is 0 Å². The minimum absolute atomic E-state index is 0.694. The van der Waals surface area contributed by atoms with Crippen LogP contribution in [0.2, 0.25) is 0 Å². The first-order chi connectivity index (χ1) is 4.33. The predicted molar refractivity (Wildman–Crippen MR) is 37.9 cm³/mol. The fourth-order valence-electron chi connectivity index (χ4n) is 1.06. The molecule has 52 valence electrons. The van der Waals surface area contributed by atoms with Crippen molar-refractivity contribution in [3.05, 3.63) is 16.9 Å². The highest BCUT2D eigenvalue weighted by Gasteiger charge is 2.03. The van der Waals surface area contributed by atoms with E-state index in [0.717, 1.165) is 17.9 Å². The van der Waals surface area contributed by atoms with E-state index in [2.05, 4.69) is 6.08 Å². The molecular formula is C7H12NO-. The van der Waals surface area contributed by atoms with Gasteiger partial charge in [0.2, 0.25) is 0 Å². The molecule has 0 radical (unpaired) electrons. The van der Waals surface area contributed by atoms with Gasteiger partial charge in [0.05, 0.1) is 0 Å². The number of hydrogen-bond donors (Lipinski definition) is 0. The molecule has 0 aliphatic carbocycles. The summed E-state index contributed by atoms with van der Waals surface area (Å²) >= 11 is 0. The highest BCUT2D eigenvalue weighted by Crippen LogP contribution is 2.13. The Bertz CT molecular complexity index is 110. The van der Waals surface area contributed by atoms with E-state index >= 15 is 0 Å². The van der Waals surface area contributed by atoms with Gasteiger partial charge < -0.3 is 10.3 Å². The summed E-state index contributed by atoms with van der Waals surface area (Å²) in [5.74, 6) is 0. The fourth-order valence-corrected chi connectivity index (χ4v) is 1.06. The molecule has 1 saturated heterocycles. The van der Waals surface area contributed by atoms with Crippen molar-refractivity contribution < 1.29 is 0 Å². The molecule has 0 aromatic heterocycles. The Morgan fingerprint density at radius 3 is 2.44 bits per heavy atom. The van der Waals surface area contributed by atoms with Gasteiger partial charge in [-0.3, -0.25) is 0 Å². The Morgan fingerprint density at radius 1 is 1.44 bits per heavy atom. The summed E-state index contributed by atoms with van der Waals surface area (Å²) in [6, 6.07) is 0. The Balaban J connectivity index is 2.35. The van der Waals surface area contributed by atoms with Gasteiger partial charge >= 0.3 is 0 Å². The van der Waals surface area contributed by atoms with E-state index in [0.29, 0.717) is 13.1 Å². The third-order valence-electron chi connectivity index (χ3n) is 1.77. The van der Waals surface area contributed by atoms with E-state index in [9.17, 15) is 5.21 Å². The van der Waals surface area contributed by atoms with Gasteiger partial charge in [0.1, 0.15) is 0 Å². The zero-order chi connectivity index (χ0) is 6.69. The van der Waals surface area contributed by atoms with Crippen molar-refractivity contribution in [2.45, 2.75) is 19.8 Å². The molecule has 0 bridgehead atoms. The lowest BCUT2D eigenvalue weighted by molar-refractivity contribution is 0.351. The molecule has 0 unspecified atom stereocenters. The summed E-state index contributed by atoms with van der Waals surface area (Å²) in [6.07, 6.45) is 4.06. The summed E-state index contributed by atoms with van der Waals surface area (Å²) in [7, 11) is 0. The van der Waals surface area contributed by atoms with E-state index in [-0.39, 0.29) is 0 Å². The molecular weight excluding hydrogens is 114 g/mol. The van der Waals surface area contributed by atoms with Crippen LogP contribution in [0.5, 0.6) is 0 Å². The van der Waals surface area contributed by atoms with Gasteiger partial charge in [-0.1, -0.05) is 11.6 Å². The second kappa shape index (κ2) is 2.99. The van der Waals surface area contributed by atoms with Crippen LogP contribution in [0.1, 0.15) is 19.8 Å². The molecule has 0 saturated carbocycles. The SMILES string of the molecule is CC=C1CCN([O-])CC1. The zero-order valence-corrected chi connectivity index (χ0v) is 5.76. The molecule has 9 heavy (non-hydrogen) atoms. The lowest BCUT2D eigenvalue weighted by Gasteiger charge is -2.33. The lowest BCUT2D eigenvalue weighted by atomic mass is 10.1. The first-order valence-electron chi connectivity index (χ1n) is 3.39. The smallest absolute Gasteiger partial charge is 0.0107 e. The number of allylic oxidation sites excluding steroid dienone is 1. The number of nitrogens with zero attached hydrogens (tertiary/aromatic N) is 1. The molecule has 0 amide bonds. The van der Waals surface area contributed by atoms with Crippen LogP contribution in [-0.2, 0) is 0 Å². The van der Waals surface area contributed by atoms with Crippen LogP contribution < -0.4 is 0 Å². The largest absolute Gasteiger partial charge is 0.785 e. The van der Waals surface area contributed by atoms with Crippen molar-refractivity contribution in [1.29, 1.82) is 0 Å². The van der Waals surface area contributed by atoms with Gasteiger partial charge in [-0.25, -0.2) is 0 Å². The Labute approximate surface area is 55.7 Å². The van der Waals surface area contributed by atoms with Crippen molar-refractivity contribution >= 4 is 0 Å². The zero-order valence-electron chi connectivity index (χ0n) is 5.76. The van der Waals surface area contributed by atoms with E-state index in [4.69, 9.17) is 0 Å². The standard InChI is InChI=1S/C7H12NO/c1-2-7-3-5-8(9)6-4-7/h2H,3-6H2,1H3/q-1. The molecule has 0 atom stereocenters.